The molecule has 1 heterocycles. The Morgan fingerprint density at radius 2 is 1.95 bits per heavy atom. The highest BCUT2D eigenvalue weighted by Gasteiger charge is 2.28. The number of hydrogen-bond donors (Lipinski definition) is 1. The maximum absolute atomic E-state index is 6.48. The first-order valence-corrected chi connectivity index (χ1v) is 8.14. The predicted octanol–water partition coefficient (Wildman–Crippen LogP) is 3.37. The van der Waals surface area contributed by atoms with Crippen molar-refractivity contribution in [3.8, 4) is 0 Å². The number of hydrogen-bond acceptors (Lipinski definition) is 2. The van der Waals surface area contributed by atoms with Crippen LogP contribution in [-0.4, -0.2) is 15.8 Å². The second-order valence-electron chi connectivity index (χ2n) is 7.00. The Balaban J connectivity index is 1.90. The van der Waals surface area contributed by atoms with Crippen molar-refractivity contribution in [2.45, 2.75) is 65.8 Å². The molecule has 1 saturated carbocycles. The SMILES string of the molecule is Cc1nn(C)c(C)c1CCC(N)C1CCC(C)C(C)C1. The molecule has 1 aliphatic rings. The zero-order valence-electron chi connectivity index (χ0n) is 13.8. The van der Waals surface area contributed by atoms with Crippen LogP contribution in [0.3, 0.4) is 0 Å². The van der Waals surface area contributed by atoms with E-state index in [2.05, 4.69) is 32.8 Å². The van der Waals surface area contributed by atoms with Crippen molar-refractivity contribution >= 4 is 0 Å². The van der Waals surface area contributed by atoms with Crippen LogP contribution in [0.1, 0.15) is 56.5 Å². The summed E-state index contributed by atoms with van der Waals surface area (Å²) >= 11 is 0. The van der Waals surface area contributed by atoms with E-state index in [1.165, 1.54) is 36.2 Å². The molecule has 1 aliphatic carbocycles. The normalized spacial score (nSPS) is 28.6. The molecule has 114 valence electrons. The molecule has 1 aromatic heterocycles. The summed E-state index contributed by atoms with van der Waals surface area (Å²) in [4.78, 5) is 0. The molecule has 20 heavy (non-hydrogen) atoms. The van der Waals surface area contributed by atoms with E-state index >= 15 is 0 Å². The fourth-order valence-electron chi connectivity index (χ4n) is 3.70. The fraction of sp³-hybridized carbons (Fsp3) is 0.824. The maximum Gasteiger partial charge on any atom is 0.0628 e. The molecular weight excluding hydrogens is 246 g/mol. The molecule has 4 unspecified atom stereocenters. The summed E-state index contributed by atoms with van der Waals surface area (Å²) in [5, 5.41) is 4.50. The molecular formula is C17H31N3. The second-order valence-corrected chi connectivity index (χ2v) is 7.00. The lowest BCUT2D eigenvalue weighted by atomic mass is 9.72. The van der Waals surface area contributed by atoms with Crippen molar-refractivity contribution in [2.75, 3.05) is 0 Å². The van der Waals surface area contributed by atoms with Gasteiger partial charge < -0.3 is 5.73 Å². The van der Waals surface area contributed by atoms with Crippen molar-refractivity contribution in [3.05, 3.63) is 17.0 Å². The molecule has 3 heteroatoms. The summed E-state index contributed by atoms with van der Waals surface area (Å²) in [5.74, 6) is 2.43. The minimum Gasteiger partial charge on any atom is -0.327 e. The Morgan fingerprint density at radius 1 is 1.25 bits per heavy atom. The third-order valence-electron chi connectivity index (χ3n) is 5.63. The van der Waals surface area contributed by atoms with Crippen LogP contribution < -0.4 is 5.73 Å². The van der Waals surface area contributed by atoms with Crippen LogP contribution in [0.25, 0.3) is 0 Å². The summed E-state index contributed by atoms with van der Waals surface area (Å²) in [6.45, 7) is 9.04. The highest BCUT2D eigenvalue weighted by Crippen LogP contribution is 2.35. The molecule has 0 bridgehead atoms. The van der Waals surface area contributed by atoms with Crippen molar-refractivity contribution in [1.82, 2.24) is 9.78 Å². The van der Waals surface area contributed by atoms with Crippen LogP contribution in [0.2, 0.25) is 0 Å². The molecule has 2 N–H and O–H groups in total. The third-order valence-corrected chi connectivity index (χ3v) is 5.63. The Bertz CT molecular complexity index is 449. The molecule has 4 atom stereocenters. The molecule has 2 rings (SSSR count). The van der Waals surface area contributed by atoms with Gasteiger partial charge in [0.25, 0.3) is 0 Å². The van der Waals surface area contributed by atoms with Gasteiger partial charge in [-0.25, -0.2) is 0 Å². The number of rotatable bonds is 4. The minimum atomic E-state index is 0.351. The predicted molar refractivity (Wildman–Crippen MR) is 84.6 cm³/mol. The summed E-state index contributed by atoms with van der Waals surface area (Å²) in [5.41, 5.74) is 10.3. The summed E-state index contributed by atoms with van der Waals surface area (Å²) in [6.07, 6.45) is 6.15. The molecule has 0 amide bonds. The zero-order chi connectivity index (χ0) is 14.9. The van der Waals surface area contributed by atoms with Gasteiger partial charge in [-0.1, -0.05) is 20.3 Å². The van der Waals surface area contributed by atoms with Gasteiger partial charge >= 0.3 is 0 Å². The van der Waals surface area contributed by atoms with Gasteiger partial charge in [-0.05, 0) is 62.8 Å². The maximum atomic E-state index is 6.48. The smallest absolute Gasteiger partial charge is 0.0628 e. The monoisotopic (exact) mass is 277 g/mol. The van der Waals surface area contributed by atoms with Gasteiger partial charge in [-0.15, -0.1) is 0 Å². The van der Waals surface area contributed by atoms with Crippen LogP contribution in [0, 0.1) is 31.6 Å². The first-order valence-electron chi connectivity index (χ1n) is 8.14. The Labute approximate surface area is 123 Å². The van der Waals surface area contributed by atoms with E-state index in [1.807, 2.05) is 11.7 Å². The van der Waals surface area contributed by atoms with Gasteiger partial charge in [0.2, 0.25) is 0 Å². The summed E-state index contributed by atoms with van der Waals surface area (Å²) in [7, 11) is 2.02. The summed E-state index contributed by atoms with van der Waals surface area (Å²) in [6, 6.07) is 0.351. The van der Waals surface area contributed by atoms with E-state index in [4.69, 9.17) is 5.73 Å². The molecule has 0 spiro atoms. The van der Waals surface area contributed by atoms with E-state index in [-0.39, 0.29) is 0 Å². The largest absolute Gasteiger partial charge is 0.327 e. The molecule has 0 aromatic carbocycles. The molecule has 0 saturated heterocycles. The van der Waals surface area contributed by atoms with Crippen molar-refractivity contribution in [1.29, 1.82) is 0 Å². The number of aryl methyl sites for hydroxylation is 2. The van der Waals surface area contributed by atoms with Crippen LogP contribution in [-0.2, 0) is 13.5 Å². The quantitative estimate of drug-likeness (QED) is 0.917. The zero-order valence-corrected chi connectivity index (χ0v) is 13.8. The standard InChI is InChI=1S/C17H31N3/c1-11-6-7-15(10-12(11)2)17(18)9-8-16-13(3)19-20(5)14(16)4/h11-12,15,17H,6-10,18H2,1-5H3. The van der Waals surface area contributed by atoms with E-state index in [1.54, 1.807) is 0 Å². The van der Waals surface area contributed by atoms with E-state index in [9.17, 15) is 0 Å². The Kier molecular flexibility index (Phi) is 4.90. The fourth-order valence-corrected chi connectivity index (χ4v) is 3.70. The molecule has 1 fully saturated rings. The number of nitrogens with two attached hydrogens (primary N) is 1. The lowest BCUT2D eigenvalue weighted by Crippen LogP contribution is -2.35. The van der Waals surface area contributed by atoms with Gasteiger partial charge in [0.15, 0.2) is 0 Å². The Morgan fingerprint density at radius 3 is 2.50 bits per heavy atom. The van der Waals surface area contributed by atoms with Crippen LogP contribution in [0.5, 0.6) is 0 Å². The lowest BCUT2D eigenvalue weighted by molar-refractivity contribution is 0.182. The van der Waals surface area contributed by atoms with E-state index in [0.717, 1.165) is 30.6 Å². The number of nitrogens with zero attached hydrogens (tertiary/aromatic N) is 2. The highest BCUT2D eigenvalue weighted by atomic mass is 15.3. The van der Waals surface area contributed by atoms with E-state index < -0.39 is 0 Å². The van der Waals surface area contributed by atoms with Crippen molar-refractivity contribution in [2.24, 2.45) is 30.5 Å². The average molecular weight is 277 g/mol. The van der Waals surface area contributed by atoms with Gasteiger partial charge in [0.05, 0.1) is 5.69 Å². The molecule has 3 nitrogen and oxygen atoms in total. The van der Waals surface area contributed by atoms with Gasteiger partial charge in [-0.3, -0.25) is 4.68 Å². The first-order chi connectivity index (χ1) is 9.40. The van der Waals surface area contributed by atoms with Crippen molar-refractivity contribution < 1.29 is 0 Å². The number of aromatic nitrogens is 2. The molecule has 0 radical (unpaired) electrons. The van der Waals surface area contributed by atoms with Crippen molar-refractivity contribution in [3.63, 3.8) is 0 Å². The highest BCUT2D eigenvalue weighted by molar-refractivity contribution is 5.24. The third kappa shape index (κ3) is 3.25. The Hall–Kier alpha value is -0.830. The van der Waals surface area contributed by atoms with Gasteiger partial charge in [0.1, 0.15) is 0 Å². The second kappa shape index (κ2) is 6.30. The van der Waals surface area contributed by atoms with Crippen LogP contribution >= 0.6 is 0 Å². The van der Waals surface area contributed by atoms with Gasteiger partial charge in [-0.2, -0.15) is 5.10 Å². The topological polar surface area (TPSA) is 43.8 Å². The van der Waals surface area contributed by atoms with Crippen LogP contribution in [0.4, 0.5) is 0 Å². The van der Waals surface area contributed by atoms with Gasteiger partial charge in [0, 0.05) is 18.8 Å². The molecule has 0 aliphatic heterocycles. The van der Waals surface area contributed by atoms with Crippen LogP contribution in [0.15, 0.2) is 0 Å². The first kappa shape index (κ1) is 15.6. The summed E-state index contributed by atoms with van der Waals surface area (Å²) < 4.78 is 1.99. The lowest BCUT2D eigenvalue weighted by Gasteiger charge is -2.35. The average Bonchev–Trinajstić information content (AvgIpc) is 2.64. The minimum absolute atomic E-state index is 0.351. The molecule has 1 aromatic rings. The van der Waals surface area contributed by atoms with E-state index in [0.29, 0.717) is 6.04 Å².